The van der Waals surface area contributed by atoms with E-state index in [-0.39, 0.29) is 10.0 Å². The summed E-state index contributed by atoms with van der Waals surface area (Å²) in [6, 6.07) is 1.27. The lowest BCUT2D eigenvalue weighted by molar-refractivity contribution is -0.137. The fraction of sp³-hybridized carbons (Fsp3) is 0.222. The highest BCUT2D eigenvalue weighted by molar-refractivity contribution is 9.10. The minimum Gasteiger partial charge on any atom is -0.507 e. The van der Waals surface area contributed by atoms with Crippen molar-refractivity contribution in [3.8, 4) is 5.75 Å². The summed E-state index contributed by atoms with van der Waals surface area (Å²) in [5.41, 5.74) is -1.24. The van der Waals surface area contributed by atoms with Gasteiger partial charge in [0.05, 0.1) is 10.0 Å². The van der Waals surface area contributed by atoms with Crippen LogP contribution in [0, 0.1) is 0 Å². The number of halogens is 4. The van der Waals surface area contributed by atoms with Crippen molar-refractivity contribution in [3.05, 3.63) is 27.7 Å². The predicted octanol–water partition coefficient (Wildman–Crippen LogP) is 3.38. The average molecular weight is 283 g/mol. The van der Waals surface area contributed by atoms with E-state index < -0.39 is 23.3 Å². The summed E-state index contributed by atoms with van der Waals surface area (Å²) in [5.74, 6) is -1.15. The molecule has 0 saturated heterocycles. The van der Waals surface area contributed by atoms with Crippen LogP contribution in [0.4, 0.5) is 13.2 Å². The molecule has 0 heterocycles. The average Bonchev–Trinajstić information content (AvgIpc) is 2.06. The molecule has 1 N–H and O–H groups in total. The monoisotopic (exact) mass is 282 g/mol. The number of phenolic OH excluding ortho intramolecular Hbond substituents is 1. The topological polar surface area (TPSA) is 37.3 Å². The number of rotatable bonds is 1. The maximum atomic E-state index is 12.3. The standard InChI is InChI=1S/C9H6BrF3O2/c1-4(14)6-2-5(9(11,12)13)3-7(15)8(6)10/h2-3,15H,1H3. The van der Waals surface area contributed by atoms with Crippen LogP contribution in [-0.4, -0.2) is 10.9 Å². The molecule has 0 aliphatic heterocycles. The minimum atomic E-state index is -4.58. The Labute approximate surface area is 91.8 Å². The van der Waals surface area contributed by atoms with Crippen molar-refractivity contribution >= 4 is 21.7 Å². The number of carbonyl (C=O) groups excluding carboxylic acids is 1. The van der Waals surface area contributed by atoms with Crippen molar-refractivity contribution < 1.29 is 23.1 Å². The SMILES string of the molecule is CC(=O)c1cc(C(F)(F)F)cc(O)c1Br. The first-order chi connectivity index (χ1) is 6.73. The molecule has 0 amide bonds. The molecule has 0 bridgehead atoms. The molecule has 1 aromatic carbocycles. The van der Waals surface area contributed by atoms with Crippen LogP contribution in [0.15, 0.2) is 16.6 Å². The lowest BCUT2D eigenvalue weighted by Gasteiger charge is -2.10. The van der Waals surface area contributed by atoms with E-state index in [1.807, 2.05) is 0 Å². The molecular weight excluding hydrogens is 277 g/mol. The number of phenols is 1. The summed E-state index contributed by atoms with van der Waals surface area (Å²) in [5, 5.41) is 9.19. The van der Waals surface area contributed by atoms with E-state index in [4.69, 9.17) is 0 Å². The molecular formula is C9H6BrF3O2. The van der Waals surface area contributed by atoms with Crippen LogP contribution in [0.3, 0.4) is 0 Å². The molecule has 0 saturated carbocycles. The number of hydrogen-bond acceptors (Lipinski definition) is 2. The van der Waals surface area contributed by atoms with E-state index >= 15 is 0 Å². The summed E-state index contributed by atoms with van der Waals surface area (Å²) >= 11 is 2.84. The highest BCUT2D eigenvalue weighted by atomic mass is 79.9. The van der Waals surface area contributed by atoms with Crippen molar-refractivity contribution in [2.45, 2.75) is 13.1 Å². The molecule has 0 radical (unpaired) electrons. The van der Waals surface area contributed by atoms with Crippen LogP contribution in [-0.2, 0) is 6.18 Å². The molecule has 0 unspecified atom stereocenters. The fourth-order valence-corrected chi connectivity index (χ4v) is 1.54. The number of carbonyl (C=O) groups is 1. The lowest BCUT2D eigenvalue weighted by atomic mass is 10.1. The van der Waals surface area contributed by atoms with Crippen molar-refractivity contribution in [1.29, 1.82) is 0 Å². The smallest absolute Gasteiger partial charge is 0.416 e. The molecule has 15 heavy (non-hydrogen) atoms. The van der Waals surface area contributed by atoms with Gasteiger partial charge < -0.3 is 5.11 Å². The Hall–Kier alpha value is -1.04. The van der Waals surface area contributed by atoms with Gasteiger partial charge in [-0.05, 0) is 35.0 Å². The first kappa shape index (κ1) is 12.0. The van der Waals surface area contributed by atoms with Crippen LogP contribution in [0.25, 0.3) is 0 Å². The van der Waals surface area contributed by atoms with Crippen LogP contribution >= 0.6 is 15.9 Å². The number of Topliss-reactive ketones (excluding diaryl/α,β-unsaturated/α-hetero) is 1. The Morgan fingerprint density at radius 3 is 2.33 bits per heavy atom. The number of ketones is 1. The van der Waals surface area contributed by atoms with E-state index in [1.165, 1.54) is 0 Å². The molecule has 0 aliphatic rings. The molecule has 2 nitrogen and oxygen atoms in total. The Morgan fingerprint density at radius 1 is 1.40 bits per heavy atom. The van der Waals surface area contributed by atoms with Gasteiger partial charge in [0, 0.05) is 5.56 Å². The molecule has 82 valence electrons. The van der Waals surface area contributed by atoms with Gasteiger partial charge in [0.2, 0.25) is 0 Å². The third kappa shape index (κ3) is 2.50. The minimum absolute atomic E-state index is 0.0250. The van der Waals surface area contributed by atoms with Crippen LogP contribution in [0.2, 0.25) is 0 Å². The van der Waals surface area contributed by atoms with Gasteiger partial charge >= 0.3 is 6.18 Å². The van der Waals surface area contributed by atoms with Gasteiger partial charge in [-0.3, -0.25) is 4.79 Å². The van der Waals surface area contributed by atoms with E-state index in [9.17, 15) is 23.1 Å². The molecule has 0 atom stereocenters. The Morgan fingerprint density at radius 2 is 1.93 bits per heavy atom. The summed E-state index contributed by atoms with van der Waals surface area (Å²) in [6.07, 6.45) is -4.58. The van der Waals surface area contributed by atoms with Crippen molar-refractivity contribution in [2.75, 3.05) is 0 Å². The van der Waals surface area contributed by atoms with E-state index in [2.05, 4.69) is 15.9 Å². The van der Waals surface area contributed by atoms with Crippen LogP contribution in [0.5, 0.6) is 5.75 Å². The molecule has 0 spiro atoms. The Kier molecular flexibility index (Phi) is 3.08. The molecule has 1 aromatic rings. The van der Waals surface area contributed by atoms with Crippen molar-refractivity contribution in [2.24, 2.45) is 0 Å². The summed E-state index contributed by atoms with van der Waals surface area (Å²) in [4.78, 5) is 11.0. The number of hydrogen-bond donors (Lipinski definition) is 1. The largest absolute Gasteiger partial charge is 0.507 e. The molecule has 6 heteroatoms. The summed E-state index contributed by atoms with van der Waals surface area (Å²) < 4.78 is 36.9. The summed E-state index contributed by atoms with van der Waals surface area (Å²) in [6.45, 7) is 1.12. The quantitative estimate of drug-likeness (QED) is 0.802. The zero-order chi connectivity index (χ0) is 11.8. The first-order valence-electron chi connectivity index (χ1n) is 3.84. The first-order valence-corrected chi connectivity index (χ1v) is 4.63. The molecule has 0 aliphatic carbocycles. The second-order valence-electron chi connectivity index (χ2n) is 2.91. The predicted molar refractivity (Wildman–Crippen MR) is 50.8 cm³/mol. The maximum absolute atomic E-state index is 12.3. The Balaban J connectivity index is 3.43. The number of aromatic hydroxyl groups is 1. The third-order valence-corrected chi connectivity index (χ3v) is 2.59. The van der Waals surface area contributed by atoms with Crippen LogP contribution < -0.4 is 0 Å². The van der Waals surface area contributed by atoms with Crippen molar-refractivity contribution in [1.82, 2.24) is 0 Å². The third-order valence-electron chi connectivity index (χ3n) is 1.76. The molecule has 0 aromatic heterocycles. The highest BCUT2D eigenvalue weighted by Gasteiger charge is 2.32. The van der Waals surface area contributed by atoms with Crippen molar-refractivity contribution in [3.63, 3.8) is 0 Å². The second-order valence-corrected chi connectivity index (χ2v) is 3.70. The number of alkyl halides is 3. The van der Waals surface area contributed by atoms with Gasteiger partial charge in [-0.2, -0.15) is 13.2 Å². The Bertz CT molecular complexity index is 413. The highest BCUT2D eigenvalue weighted by Crippen LogP contribution is 2.37. The van der Waals surface area contributed by atoms with Gasteiger partial charge in [-0.25, -0.2) is 0 Å². The van der Waals surface area contributed by atoms with E-state index in [1.54, 1.807) is 0 Å². The van der Waals surface area contributed by atoms with Gasteiger partial charge in [-0.15, -0.1) is 0 Å². The maximum Gasteiger partial charge on any atom is 0.416 e. The van der Waals surface area contributed by atoms with Gasteiger partial charge in [0.25, 0.3) is 0 Å². The van der Waals surface area contributed by atoms with E-state index in [0.29, 0.717) is 12.1 Å². The van der Waals surface area contributed by atoms with E-state index in [0.717, 1.165) is 6.92 Å². The molecule has 1 rings (SSSR count). The summed E-state index contributed by atoms with van der Waals surface area (Å²) in [7, 11) is 0. The van der Waals surface area contributed by atoms with Gasteiger partial charge in [-0.1, -0.05) is 0 Å². The zero-order valence-electron chi connectivity index (χ0n) is 7.52. The number of benzene rings is 1. The van der Waals surface area contributed by atoms with Gasteiger partial charge in [0.15, 0.2) is 5.78 Å². The molecule has 0 fully saturated rings. The van der Waals surface area contributed by atoms with Gasteiger partial charge in [0.1, 0.15) is 5.75 Å². The lowest BCUT2D eigenvalue weighted by Crippen LogP contribution is -2.07. The fourth-order valence-electron chi connectivity index (χ4n) is 1.03. The van der Waals surface area contributed by atoms with Crippen LogP contribution in [0.1, 0.15) is 22.8 Å². The second kappa shape index (κ2) is 3.84. The zero-order valence-corrected chi connectivity index (χ0v) is 9.11. The normalized spacial score (nSPS) is 11.5.